The molecule has 7 heteroatoms. The molecule has 0 bridgehead atoms. The molecule has 0 aliphatic carbocycles. The Labute approximate surface area is 113 Å². The van der Waals surface area contributed by atoms with E-state index in [4.69, 9.17) is 0 Å². The minimum absolute atomic E-state index is 0.0959. The number of hydrogen-bond donors (Lipinski definition) is 2. The van der Waals surface area contributed by atoms with Crippen molar-refractivity contribution < 1.29 is 33.3 Å². The molecular formula is C13H14F2O5. The third-order valence-electron chi connectivity index (χ3n) is 2.61. The van der Waals surface area contributed by atoms with Gasteiger partial charge in [-0.15, -0.1) is 0 Å². The highest BCUT2D eigenvalue weighted by Gasteiger charge is 2.25. The number of carbonyl (C=O) groups excluding carboxylic acids is 2. The Morgan fingerprint density at radius 1 is 1.35 bits per heavy atom. The molecule has 1 aromatic rings. The van der Waals surface area contributed by atoms with E-state index in [0.717, 1.165) is 0 Å². The number of aliphatic hydroxyl groups excluding tert-OH is 2. The lowest BCUT2D eigenvalue weighted by Gasteiger charge is -2.18. The van der Waals surface area contributed by atoms with E-state index in [-0.39, 0.29) is 12.9 Å². The zero-order valence-electron chi connectivity index (χ0n) is 10.7. The fourth-order valence-electron chi connectivity index (χ4n) is 1.60. The molecule has 0 amide bonds. The molecule has 0 fully saturated rings. The van der Waals surface area contributed by atoms with Crippen molar-refractivity contribution in [1.29, 1.82) is 0 Å². The van der Waals surface area contributed by atoms with Crippen molar-refractivity contribution in [3.63, 3.8) is 0 Å². The Hall–Kier alpha value is -1.86. The van der Waals surface area contributed by atoms with E-state index in [0.29, 0.717) is 12.1 Å². The molecule has 5 nitrogen and oxygen atoms in total. The highest BCUT2D eigenvalue weighted by molar-refractivity contribution is 5.75. The largest absolute Gasteiger partial charge is 0.466 e. The van der Waals surface area contributed by atoms with Gasteiger partial charge in [0.1, 0.15) is 17.7 Å². The quantitative estimate of drug-likeness (QED) is 0.605. The van der Waals surface area contributed by atoms with Crippen LogP contribution in [-0.4, -0.2) is 35.2 Å². The van der Waals surface area contributed by atoms with Crippen LogP contribution in [0.3, 0.4) is 0 Å². The van der Waals surface area contributed by atoms with Gasteiger partial charge in [-0.2, -0.15) is 0 Å². The number of esters is 1. The predicted molar refractivity (Wildman–Crippen MR) is 64.0 cm³/mol. The summed E-state index contributed by atoms with van der Waals surface area (Å²) in [7, 11) is 0. The Morgan fingerprint density at radius 3 is 2.55 bits per heavy atom. The number of halogens is 2. The summed E-state index contributed by atoms with van der Waals surface area (Å²) in [4.78, 5) is 21.6. The smallest absolute Gasteiger partial charge is 0.308 e. The molecule has 0 radical (unpaired) electrons. The van der Waals surface area contributed by atoms with Crippen LogP contribution in [0.25, 0.3) is 0 Å². The van der Waals surface area contributed by atoms with Gasteiger partial charge in [0.05, 0.1) is 24.7 Å². The molecule has 1 rings (SSSR count). The molecule has 0 aromatic heterocycles. The molecule has 2 unspecified atom stereocenters. The molecule has 0 spiro atoms. The van der Waals surface area contributed by atoms with Crippen molar-refractivity contribution in [2.45, 2.75) is 25.6 Å². The summed E-state index contributed by atoms with van der Waals surface area (Å²) in [6.07, 6.45) is -3.89. The monoisotopic (exact) mass is 288 g/mol. The molecule has 2 atom stereocenters. The van der Waals surface area contributed by atoms with Gasteiger partial charge in [0.25, 0.3) is 0 Å². The zero-order valence-corrected chi connectivity index (χ0v) is 10.7. The fourth-order valence-corrected chi connectivity index (χ4v) is 1.60. The first-order chi connectivity index (χ1) is 9.40. The van der Waals surface area contributed by atoms with Gasteiger partial charge in [-0.25, -0.2) is 8.78 Å². The van der Waals surface area contributed by atoms with E-state index < -0.39 is 47.4 Å². The van der Waals surface area contributed by atoms with Crippen LogP contribution in [0.4, 0.5) is 8.78 Å². The van der Waals surface area contributed by atoms with Gasteiger partial charge in [0.2, 0.25) is 0 Å². The second-order valence-corrected chi connectivity index (χ2v) is 4.03. The average Bonchev–Trinajstić information content (AvgIpc) is 2.40. The average molecular weight is 288 g/mol. The Bertz CT molecular complexity index is 504. The van der Waals surface area contributed by atoms with Crippen LogP contribution in [-0.2, 0) is 9.53 Å². The summed E-state index contributed by atoms with van der Waals surface area (Å²) >= 11 is 0. The van der Waals surface area contributed by atoms with Crippen LogP contribution in [0, 0.1) is 11.6 Å². The summed E-state index contributed by atoms with van der Waals surface area (Å²) in [6, 6.07) is 1.22. The van der Waals surface area contributed by atoms with Crippen molar-refractivity contribution >= 4 is 12.3 Å². The van der Waals surface area contributed by atoms with Gasteiger partial charge >= 0.3 is 5.97 Å². The van der Waals surface area contributed by atoms with Gasteiger partial charge in [-0.1, -0.05) is 0 Å². The maximum absolute atomic E-state index is 13.6. The standard InChI is InChI=1S/C13H14F2O5/c1-2-20-12(18)5-11(17)13(19)8-4-9(14)7(6-16)3-10(8)15/h3-4,6,11,13,17,19H,2,5H2,1H3. The summed E-state index contributed by atoms with van der Waals surface area (Å²) < 4.78 is 31.5. The number of rotatable bonds is 6. The minimum atomic E-state index is -1.81. The highest BCUT2D eigenvalue weighted by Crippen LogP contribution is 2.24. The maximum atomic E-state index is 13.6. The van der Waals surface area contributed by atoms with Crippen molar-refractivity contribution in [2.24, 2.45) is 0 Å². The first-order valence-electron chi connectivity index (χ1n) is 5.86. The highest BCUT2D eigenvalue weighted by atomic mass is 19.1. The molecule has 20 heavy (non-hydrogen) atoms. The van der Waals surface area contributed by atoms with E-state index >= 15 is 0 Å². The van der Waals surface area contributed by atoms with Crippen molar-refractivity contribution in [2.75, 3.05) is 6.61 Å². The fraction of sp³-hybridized carbons (Fsp3) is 0.385. The lowest BCUT2D eigenvalue weighted by Crippen LogP contribution is -2.24. The SMILES string of the molecule is CCOC(=O)CC(O)C(O)c1cc(F)c(C=O)cc1F. The van der Waals surface area contributed by atoms with Crippen LogP contribution >= 0.6 is 0 Å². The van der Waals surface area contributed by atoms with Crippen LogP contribution in [0.15, 0.2) is 12.1 Å². The Kier molecular flexibility index (Phi) is 5.72. The molecule has 0 aliphatic heterocycles. The number of aldehydes is 1. The third-order valence-corrected chi connectivity index (χ3v) is 2.61. The topological polar surface area (TPSA) is 83.8 Å². The number of hydrogen-bond acceptors (Lipinski definition) is 5. The molecule has 0 saturated carbocycles. The summed E-state index contributed by atoms with van der Waals surface area (Å²) in [5.74, 6) is -2.85. The van der Waals surface area contributed by atoms with Crippen LogP contribution < -0.4 is 0 Å². The van der Waals surface area contributed by atoms with Gasteiger partial charge in [0, 0.05) is 5.56 Å². The molecule has 2 N–H and O–H groups in total. The van der Waals surface area contributed by atoms with E-state index in [1.165, 1.54) is 0 Å². The second kappa shape index (κ2) is 7.06. The molecule has 110 valence electrons. The summed E-state index contributed by atoms with van der Waals surface area (Å²) in [6.45, 7) is 1.66. The van der Waals surface area contributed by atoms with E-state index in [2.05, 4.69) is 4.74 Å². The molecular weight excluding hydrogens is 274 g/mol. The van der Waals surface area contributed by atoms with E-state index in [1.807, 2.05) is 0 Å². The van der Waals surface area contributed by atoms with Crippen LogP contribution in [0.5, 0.6) is 0 Å². The number of carbonyl (C=O) groups is 2. The Balaban J connectivity index is 2.91. The van der Waals surface area contributed by atoms with Gasteiger partial charge in [0.15, 0.2) is 6.29 Å². The number of ether oxygens (including phenoxy) is 1. The summed E-state index contributed by atoms with van der Waals surface area (Å²) in [5, 5.41) is 19.3. The molecule has 0 heterocycles. The molecule has 0 saturated heterocycles. The van der Waals surface area contributed by atoms with E-state index in [1.54, 1.807) is 6.92 Å². The third kappa shape index (κ3) is 3.82. The zero-order chi connectivity index (χ0) is 15.3. The predicted octanol–water partition coefficient (Wildman–Crippen LogP) is 1.12. The van der Waals surface area contributed by atoms with Crippen molar-refractivity contribution in [1.82, 2.24) is 0 Å². The minimum Gasteiger partial charge on any atom is -0.466 e. The molecule has 1 aromatic carbocycles. The van der Waals surface area contributed by atoms with Crippen LogP contribution in [0.1, 0.15) is 35.4 Å². The Morgan fingerprint density at radius 2 is 2.00 bits per heavy atom. The lowest BCUT2D eigenvalue weighted by atomic mass is 10.00. The van der Waals surface area contributed by atoms with Gasteiger partial charge < -0.3 is 14.9 Å². The first kappa shape index (κ1) is 16.2. The van der Waals surface area contributed by atoms with Gasteiger partial charge in [-0.3, -0.25) is 9.59 Å². The number of aliphatic hydroxyl groups is 2. The lowest BCUT2D eigenvalue weighted by molar-refractivity contribution is -0.147. The normalized spacial score (nSPS) is 13.7. The van der Waals surface area contributed by atoms with Crippen molar-refractivity contribution in [3.05, 3.63) is 34.9 Å². The molecule has 0 aliphatic rings. The summed E-state index contributed by atoms with van der Waals surface area (Å²) in [5.41, 5.74) is -1.04. The van der Waals surface area contributed by atoms with E-state index in [9.17, 15) is 28.6 Å². The van der Waals surface area contributed by atoms with Crippen molar-refractivity contribution in [3.8, 4) is 0 Å². The van der Waals surface area contributed by atoms with Crippen LogP contribution in [0.2, 0.25) is 0 Å². The maximum Gasteiger partial charge on any atom is 0.308 e. The number of benzene rings is 1. The first-order valence-corrected chi connectivity index (χ1v) is 5.86. The second-order valence-electron chi connectivity index (χ2n) is 4.03. The van der Waals surface area contributed by atoms with Gasteiger partial charge in [-0.05, 0) is 19.1 Å².